The van der Waals surface area contributed by atoms with Crippen molar-refractivity contribution in [2.75, 3.05) is 19.6 Å². The Balaban J connectivity index is 2.40. The number of carbonyl (C=O) groups excluding carboxylic acids is 1. The molecule has 0 aliphatic carbocycles. The van der Waals surface area contributed by atoms with Gasteiger partial charge in [-0.15, -0.1) is 6.42 Å². The van der Waals surface area contributed by atoms with Crippen molar-refractivity contribution in [1.82, 2.24) is 10.2 Å². The van der Waals surface area contributed by atoms with Crippen molar-refractivity contribution < 1.29 is 4.79 Å². The molecule has 1 aliphatic heterocycles. The summed E-state index contributed by atoms with van der Waals surface area (Å²) in [6, 6.07) is -0.0644. The van der Waals surface area contributed by atoms with Gasteiger partial charge in [-0.1, -0.05) is 17.6 Å². The summed E-state index contributed by atoms with van der Waals surface area (Å²) in [5.41, 5.74) is 1.24. The fourth-order valence-corrected chi connectivity index (χ4v) is 1.32. The molecule has 0 bridgehead atoms. The second-order valence-electron chi connectivity index (χ2n) is 3.12. The molecule has 1 N–H and O–H groups in total. The van der Waals surface area contributed by atoms with Crippen LogP contribution in [-0.2, 0) is 0 Å². The van der Waals surface area contributed by atoms with Gasteiger partial charge in [-0.2, -0.15) is 0 Å². The van der Waals surface area contributed by atoms with Crippen molar-refractivity contribution in [2.45, 2.75) is 13.3 Å². The highest BCUT2D eigenvalue weighted by Gasteiger charge is 2.14. The monoisotopic (exact) mass is 178 g/mol. The van der Waals surface area contributed by atoms with Crippen molar-refractivity contribution in [3.05, 3.63) is 11.6 Å². The zero-order valence-electron chi connectivity index (χ0n) is 7.84. The molecule has 13 heavy (non-hydrogen) atoms. The fourth-order valence-electron chi connectivity index (χ4n) is 1.32. The summed E-state index contributed by atoms with van der Waals surface area (Å²) in [6.07, 6.45) is 8.14. The first-order valence-electron chi connectivity index (χ1n) is 4.36. The predicted octanol–water partition coefficient (Wildman–Crippen LogP) is 0.981. The zero-order valence-corrected chi connectivity index (χ0v) is 7.84. The van der Waals surface area contributed by atoms with Gasteiger partial charge in [0.15, 0.2) is 0 Å². The second kappa shape index (κ2) is 4.56. The standard InChI is InChI=1S/C10H14N2O/c1-3-6-11-10(13)12-7-4-5-9(2)8-12/h1,5H,4,6-8H2,2H3,(H,11,13). The van der Waals surface area contributed by atoms with E-state index in [1.807, 2.05) is 6.92 Å². The number of urea groups is 1. The number of rotatable bonds is 1. The minimum Gasteiger partial charge on any atom is -0.327 e. The Hall–Kier alpha value is -1.43. The summed E-state index contributed by atoms with van der Waals surface area (Å²) in [7, 11) is 0. The van der Waals surface area contributed by atoms with Crippen molar-refractivity contribution in [1.29, 1.82) is 0 Å². The van der Waals surface area contributed by atoms with E-state index in [0.29, 0.717) is 6.54 Å². The van der Waals surface area contributed by atoms with Crippen LogP contribution in [0, 0.1) is 12.3 Å². The molecule has 0 spiro atoms. The van der Waals surface area contributed by atoms with Crippen LogP contribution in [-0.4, -0.2) is 30.6 Å². The molecule has 1 heterocycles. The third-order valence-electron chi connectivity index (χ3n) is 1.96. The molecule has 0 atom stereocenters. The van der Waals surface area contributed by atoms with Crippen LogP contribution in [0.25, 0.3) is 0 Å². The molecule has 3 nitrogen and oxygen atoms in total. The van der Waals surface area contributed by atoms with Crippen LogP contribution in [0.2, 0.25) is 0 Å². The molecule has 0 fully saturated rings. The zero-order chi connectivity index (χ0) is 9.68. The molecule has 0 aromatic heterocycles. The van der Waals surface area contributed by atoms with Crippen molar-refractivity contribution in [3.63, 3.8) is 0 Å². The number of hydrogen-bond acceptors (Lipinski definition) is 1. The van der Waals surface area contributed by atoms with Crippen LogP contribution in [0.5, 0.6) is 0 Å². The third kappa shape index (κ3) is 2.83. The Labute approximate surface area is 78.8 Å². The van der Waals surface area contributed by atoms with Gasteiger partial charge in [-0.3, -0.25) is 0 Å². The lowest BCUT2D eigenvalue weighted by Gasteiger charge is -2.25. The largest absolute Gasteiger partial charge is 0.327 e. The fraction of sp³-hybridized carbons (Fsp3) is 0.500. The molecule has 0 aromatic carbocycles. The van der Waals surface area contributed by atoms with E-state index in [1.54, 1.807) is 4.90 Å². The topological polar surface area (TPSA) is 32.3 Å². The number of nitrogens with zero attached hydrogens (tertiary/aromatic N) is 1. The van der Waals surface area contributed by atoms with Gasteiger partial charge in [0.2, 0.25) is 0 Å². The summed E-state index contributed by atoms with van der Waals surface area (Å²) in [4.78, 5) is 13.2. The molecule has 0 aromatic rings. The molecular formula is C10H14N2O. The summed E-state index contributed by atoms with van der Waals surface area (Å²) in [5, 5.41) is 2.65. The molecular weight excluding hydrogens is 164 g/mol. The second-order valence-corrected chi connectivity index (χ2v) is 3.12. The molecule has 1 rings (SSSR count). The van der Waals surface area contributed by atoms with Gasteiger partial charge in [0.05, 0.1) is 6.54 Å². The highest BCUT2D eigenvalue weighted by molar-refractivity contribution is 5.74. The van der Waals surface area contributed by atoms with E-state index in [9.17, 15) is 4.79 Å². The highest BCUT2D eigenvalue weighted by Crippen LogP contribution is 2.08. The van der Waals surface area contributed by atoms with E-state index in [4.69, 9.17) is 6.42 Å². The lowest BCUT2D eigenvalue weighted by molar-refractivity contribution is 0.202. The van der Waals surface area contributed by atoms with Gasteiger partial charge >= 0.3 is 6.03 Å². The van der Waals surface area contributed by atoms with Gasteiger partial charge in [0, 0.05) is 13.1 Å². The maximum Gasteiger partial charge on any atom is 0.318 e. The first-order valence-corrected chi connectivity index (χ1v) is 4.36. The summed E-state index contributed by atoms with van der Waals surface area (Å²) in [6.45, 7) is 3.84. The Bertz CT molecular complexity index is 263. The first kappa shape index (κ1) is 9.66. The van der Waals surface area contributed by atoms with E-state index in [0.717, 1.165) is 19.5 Å². The number of amides is 2. The minimum atomic E-state index is -0.0644. The van der Waals surface area contributed by atoms with Gasteiger partial charge in [-0.25, -0.2) is 4.79 Å². The van der Waals surface area contributed by atoms with Crippen LogP contribution >= 0.6 is 0 Å². The number of carbonyl (C=O) groups is 1. The maximum atomic E-state index is 11.4. The van der Waals surface area contributed by atoms with E-state index >= 15 is 0 Å². The molecule has 1 aliphatic rings. The van der Waals surface area contributed by atoms with Crippen molar-refractivity contribution in [3.8, 4) is 12.3 Å². The van der Waals surface area contributed by atoms with Crippen LogP contribution in [0.4, 0.5) is 4.79 Å². The molecule has 0 radical (unpaired) electrons. The third-order valence-corrected chi connectivity index (χ3v) is 1.96. The molecule has 0 saturated heterocycles. The van der Waals surface area contributed by atoms with Gasteiger partial charge < -0.3 is 10.2 Å². The lowest BCUT2D eigenvalue weighted by Crippen LogP contribution is -2.42. The van der Waals surface area contributed by atoms with Crippen LogP contribution in [0.15, 0.2) is 11.6 Å². The Morgan fingerprint density at radius 2 is 2.62 bits per heavy atom. The molecule has 3 heteroatoms. The molecule has 0 saturated carbocycles. The number of hydrogen-bond donors (Lipinski definition) is 1. The quantitative estimate of drug-likeness (QED) is 0.471. The maximum absolute atomic E-state index is 11.4. The van der Waals surface area contributed by atoms with Crippen LogP contribution in [0.1, 0.15) is 13.3 Å². The first-order chi connectivity index (χ1) is 6.24. The van der Waals surface area contributed by atoms with Gasteiger partial charge in [-0.05, 0) is 13.3 Å². The molecule has 2 amide bonds. The van der Waals surface area contributed by atoms with Crippen LogP contribution in [0.3, 0.4) is 0 Å². The summed E-state index contributed by atoms with van der Waals surface area (Å²) >= 11 is 0. The van der Waals surface area contributed by atoms with Gasteiger partial charge in [0.1, 0.15) is 0 Å². The Kier molecular flexibility index (Phi) is 3.39. The van der Waals surface area contributed by atoms with E-state index in [2.05, 4.69) is 17.3 Å². The lowest BCUT2D eigenvalue weighted by atomic mass is 10.1. The molecule has 0 unspecified atom stereocenters. The Morgan fingerprint density at radius 3 is 3.23 bits per heavy atom. The summed E-state index contributed by atoms with van der Waals surface area (Å²) in [5.74, 6) is 2.38. The number of nitrogens with one attached hydrogen (secondary N) is 1. The SMILES string of the molecule is C#CCNC(=O)N1CCC=C(C)C1. The van der Waals surface area contributed by atoms with Crippen molar-refractivity contribution >= 4 is 6.03 Å². The highest BCUT2D eigenvalue weighted by atomic mass is 16.2. The Morgan fingerprint density at radius 1 is 1.85 bits per heavy atom. The summed E-state index contributed by atoms with van der Waals surface area (Å²) < 4.78 is 0. The average molecular weight is 178 g/mol. The van der Waals surface area contributed by atoms with E-state index in [1.165, 1.54) is 5.57 Å². The normalized spacial score (nSPS) is 16.0. The predicted molar refractivity (Wildman–Crippen MR) is 52.2 cm³/mol. The van der Waals surface area contributed by atoms with E-state index < -0.39 is 0 Å². The average Bonchev–Trinajstić information content (AvgIpc) is 2.14. The van der Waals surface area contributed by atoms with Gasteiger partial charge in [0.25, 0.3) is 0 Å². The minimum absolute atomic E-state index is 0.0644. The van der Waals surface area contributed by atoms with Crippen LogP contribution < -0.4 is 5.32 Å². The van der Waals surface area contributed by atoms with E-state index in [-0.39, 0.29) is 6.03 Å². The smallest absolute Gasteiger partial charge is 0.318 e. The number of terminal acetylenes is 1. The van der Waals surface area contributed by atoms with Crippen molar-refractivity contribution in [2.24, 2.45) is 0 Å². The molecule has 70 valence electrons.